The average molecular weight is 203 g/mol. The number of carbonyl (C=O) groups is 1. The number of rotatable bonds is 4. The normalized spacial score (nSPS) is 19.8. The number of likely N-dealkylation sites (tertiary alicyclic amines) is 1. The number of hydrogen-bond acceptors (Lipinski definition) is 3. The molecule has 1 rings (SSSR count). The van der Waals surface area contributed by atoms with E-state index in [-0.39, 0.29) is 5.91 Å². The van der Waals surface area contributed by atoms with Crippen molar-refractivity contribution in [3.05, 3.63) is 0 Å². The maximum atomic E-state index is 11.3. The number of β-amino-alcohol motifs (C(OH)–C–C–N with tert-alkyl or cyclic N) is 1. The number of nitrogens with zero attached hydrogens (tertiary/aromatic N) is 1. The van der Waals surface area contributed by atoms with Gasteiger partial charge in [0.05, 0.1) is 24.4 Å². The molecule has 0 bridgehead atoms. The van der Waals surface area contributed by atoms with Gasteiger partial charge in [-0.05, 0) is 12.7 Å². The van der Waals surface area contributed by atoms with Gasteiger partial charge in [0.25, 0.3) is 0 Å². The van der Waals surface area contributed by atoms with E-state index in [1.165, 1.54) is 11.8 Å². The molecule has 13 heavy (non-hydrogen) atoms. The van der Waals surface area contributed by atoms with E-state index in [0.29, 0.717) is 18.8 Å². The lowest BCUT2D eigenvalue weighted by molar-refractivity contribution is -0.153. The van der Waals surface area contributed by atoms with Crippen LogP contribution in [-0.4, -0.2) is 46.6 Å². The van der Waals surface area contributed by atoms with Crippen molar-refractivity contribution >= 4 is 17.7 Å². The van der Waals surface area contributed by atoms with Crippen LogP contribution in [0.3, 0.4) is 0 Å². The van der Waals surface area contributed by atoms with Crippen molar-refractivity contribution in [3.8, 4) is 0 Å². The minimum absolute atomic E-state index is 0.147. The number of aliphatic hydroxyl groups is 1. The molecule has 76 valence electrons. The van der Waals surface area contributed by atoms with E-state index in [1.54, 1.807) is 4.90 Å². The third-order valence-electron chi connectivity index (χ3n) is 2.31. The van der Waals surface area contributed by atoms with Gasteiger partial charge in [0.15, 0.2) is 0 Å². The third kappa shape index (κ3) is 2.61. The topological polar surface area (TPSA) is 40.5 Å². The Balaban J connectivity index is 2.27. The first-order chi connectivity index (χ1) is 6.11. The first kappa shape index (κ1) is 10.9. The molecule has 0 unspecified atom stereocenters. The van der Waals surface area contributed by atoms with E-state index >= 15 is 0 Å². The van der Waals surface area contributed by atoms with Gasteiger partial charge in [-0.3, -0.25) is 4.79 Å². The second kappa shape index (κ2) is 4.33. The van der Waals surface area contributed by atoms with Gasteiger partial charge in [-0.15, -0.1) is 0 Å². The molecular weight excluding hydrogens is 186 g/mol. The van der Waals surface area contributed by atoms with Gasteiger partial charge in [0, 0.05) is 0 Å². The van der Waals surface area contributed by atoms with Gasteiger partial charge in [-0.25, -0.2) is 0 Å². The zero-order valence-corrected chi connectivity index (χ0v) is 9.06. The fourth-order valence-electron chi connectivity index (χ4n) is 1.68. The highest BCUT2D eigenvalue weighted by Crippen LogP contribution is 2.25. The number of carbonyl (C=O) groups excluding carboxylic acids is 1. The molecule has 1 heterocycles. The van der Waals surface area contributed by atoms with Crippen LogP contribution >= 0.6 is 11.8 Å². The highest BCUT2D eigenvalue weighted by atomic mass is 32.2. The first-order valence-corrected chi connectivity index (χ1v) is 6.00. The SMILES string of the molecule is CCCC1(O)CN(C(=O)CSC)C1. The van der Waals surface area contributed by atoms with Crippen LogP contribution in [0.4, 0.5) is 0 Å². The van der Waals surface area contributed by atoms with Crippen LogP contribution in [-0.2, 0) is 4.79 Å². The Morgan fingerprint density at radius 2 is 2.23 bits per heavy atom. The zero-order chi connectivity index (χ0) is 9.90. The Morgan fingerprint density at radius 1 is 1.62 bits per heavy atom. The van der Waals surface area contributed by atoms with Crippen LogP contribution in [0.25, 0.3) is 0 Å². The fourth-order valence-corrected chi connectivity index (χ4v) is 2.11. The minimum Gasteiger partial charge on any atom is -0.386 e. The minimum atomic E-state index is -0.581. The molecule has 1 saturated heterocycles. The molecule has 0 aromatic rings. The van der Waals surface area contributed by atoms with Crippen molar-refractivity contribution < 1.29 is 9.90 Å². The molecule has 0 aromatic carbocycles. The second-order valence-corrected chi connectivity index (χ2v) is 4.52. The van der Waals surface area contributed by atoms with Gasteiger partial charge in [-0.2, -0.15) is 11.8 Å². The molecule has 4 heteroatoms. The first-order valence-electron chi connectivity index (χ1n) is 4.60. The molecule has 3 nitrogen and oxygen atoms in total. The van der Waals surface area contributed by atoms with Gasteiger partial charge in [0.2, 0.25) is 5.91 Å². The predicted octanol–water partition coefficient (Wildman–Crippen LogP) is 0.723. The zero-order valence-electron chi connectivity index (χ0n) is 8.25. The maximum Gasteiger partial charge on any atom is 0.232 e. The number of hydrogen-bond donors (Lipinski definition) is 1. The van der Waals surface area contributed by atoms with Gasteiger partial charge < -0.3 is 10.0 Å². The quantitative estimate of drug-likeness (QED) is 0.732. The highest BCUT2D eigenvalue weighted by Gasteiger charge is 2.42. The molecule has 0 spiro atoms. The molecule has 1 aliphatic heterocycles. The summed E-state index contributed by atoms with van der Waals surface area (Å²) >= 11 is 1.53. The van der Waals surface area contributed by atoms with Crippen molar-refractivity contribution in [3.63, 3.8) is 0 Å². The standard InChI is InChI=1S/C9H17NO2S/c1-3-4-9(12)6-10(7-9)8(11)5-13-2/h12H,3-7H2,1-2H3. The maximum absolute atomic E-state index is 11.3. The summed E-state index contributed by atoms with van der Waals surface area (Å²) in [6.07, 6.45) is 3.69. The fraction of sp³-hybridized carbons (Fsp3) is 0.889. The summed E-state index contributed by atoms with van der Waals surface area (Å²) in [5, 5.41) is 9.80. The summed E-state index contributed by atoms with van der Waals surface area (Å²) in [5.74, 6) is 0.677. The lowest BCUT2D eigenvalue weighted by Crippen LogP contribution is -2.63. The monoisotopic (exact) mass is 203 g/mol. The van der Waals surface area contributed by atoms with Crippen LogP contribution in [0.15, 0.2) is 0 Å². The summed E-state index contributed by atoms with van der Waals surface area (Å²) in [5.41, 5.74) is -0.581. The predicted molar refractivity (Wildman–Crippen MR) is 54.8 cm³/mol. The lowest BCUT2D eigenvalue weighted by Gasteiger charge is -2.46. The smallest absolute Gasteiger partial charge is 0.232 e. The average Bonchev–Trinajstić information content (AvgIpc) is 2.01. The summed E-state index contributed by atoms with van der Waals surface area (Å²) in [6.45, 7) is 3.10. The summed E-state index contributed by atoms with van der Waals surface area (Å²) < 4.78 is 0. The van der Waals surface area contributed by atoms with Crippen molar-refractivity contribution in [1.29, 1.82) is 0 Å². The van der Waals surface area contributed by atoms with Crippen LogP contribution in [0, 0.1) is 0 Å². The molecule has 1 fully saturated rings. The highest BCUT2D eigenvalue weighted by molar-refractivity contribution is 7.99. The Morgan fingerprint density at radius 3 is 2.69 bits per heavy atom. The molecule has 1 amide bonds. The third-order valence-corrected chi connectivity index (χ3v) is 2.84. The Hall–Kier alpha value is -0.220. The Kier molecular flexibility index (Phi) is 3.62. The summed E-state index contributed by atoms with van der Waals surface area (Å²) in [4.78, 5) is 13.0. The molecule has 1 aliphatic rings. The van der Waals surface area contributed by atoms with Crippen molar-refractivity contribution in [1.82, 2.24) is 4.90 Å². The molecule has 0 saturated carbocycles. The van der Waals surface area contributed by atoms with E-state index in [4.69, 9.17) is 0 Å². The second-order valence-electron chi connectivity index (χ2n) is 3.66. The van der Waals surface area contributed by atoms with E-state index in [1.807, 2.05) is 13.2 Å². The van der Waals surface area contributed by atoms with Crippen molar-refractivity contribution in [2.45, 2.75) is 25.4 Å². The van der Waals surface area contributed by atoms with Gasteiger partial charge >= 0.3 is 0 Å². The molecule has 0 atom stereocenters. The largest absolute Gasteiger partial charge is 0.386 e. The summed E-state index contributed by atoms with van der Waals surface area (Å²) in [7, 11) is 0. The number of amides is 1. The van der Waals surface area contributed by atoms with Crippen molar-refractivity contribution in [2.75, 3.05) is 25.1 Å². The Labute approximate surface area is 83.5 Å². The molecule has 0 aliphatic carbocycles. The van der Waals surface area contributed by atoms with Crippen LogP contribution < -0.4 is 0 Å². The molecular formula is C9H17NO2S. The molecule has 0 aromatic heterocycles. The van der Waals surface area contributed by atoms with Crippen LogP contribution in [0.1, 0.15) is 19.8 Å². The van der Waals surface area contributed by atoms with Crippen LogP contribution in [0.5, 0.6) is 0 Å². The van der Waals surface area contributed by atoms with E-state index < -0.39 is 5.60 Å². The number of thioether (sulfide) groups is 1. The molecule has 1 N–H and O–H groups in total. The van der Waals surface area contributed by atoms with E-state index in [0.717, 1.165) is 12.8 Å². The molecule has 0 radical (unpaired) electrons. The lowest BCUT2D eigenvalue weighted by atomic mass is 9.89. The van der Waals surface area contributed by atoms with Gasteiger partial charge in [0.1, 0.15) is 0 Å². The van der Waals surface area contributed by atoms with E-state index in [9.17, 15) is 9.90 Å². The van der Waals surface area contributed by atoms with Crippen molar-refractivity contribution in [2.24, 2.45) is 0 Å². The van der Waals surface area contributed by atoms with Crippen LogP contribution in [0.2, 0.25) is 0 Å². The Bertz CT molecular complexity index is 190. The van der Waals surface area contributed by atoms with E-state index in [2.05, 4.69) is 0 Å². The summed E-state index contributed by atoms with van der Waals surface area (Å²) in [6, 6.07) is 0. The van der Waals surface area contributed by atoms with Gasteiger partial charge in [-0.1, -0.05) is 13.3 Å².